The van der Waals surface area contributed by atoms with Crippen LogP contribution in [-0.2, 0) is 11.2 Å². The lowest BCUT2D eigenvalue weighted by molar-refractivity contribution is -0.117. The monoisotopic (exact) mass is 352 g/mol. The second kappa shape index (κ2) is 6.74. The molecule has 0 spiro atoms. The molecule has 2 N–H and O–H groups in total. The maximum atomic E-state index is 11.3. The minimum atomic E-state index is -0.460. The van der Waals surface area contributed by atoms with Gasteiger partial charge < -0.3 is 5.73 Å². The Bertz CT molecular complexity index is 967. The van der Waals surface area contributed by atoms with Crippen molar-refractivity contribution in [3.05, 3.63) is 46.9 Å². The molecule has 0 bridgehead atoms. The van der Waals surface area contributed by atoms with Gasteiger partial charge in [0.05, 0.1) is 12.1 Å². The van der Waals surface area contributed by atoms with Crippen LogP contribution in [-0.4, -0.2) is 30.5 Å². The second-order valence-electron chi connectivity index (χ2n) is 6.83. The molecule has 3 rings (SSSR count). The Kier molecular flexibility index (Phi) is 4.63. The molecule has 7 nitrogen and oxygen atoms in total. The van der Waals surface area contributed by atoms with Crippen LogP contribution < -0.4 is 5.73 Å². The SMILES string of the molecule is Cc1cccc(-n2nc(CC(N)=O)nc2-c2cc(C)n(C(C)C)n2)c1C. The summed E-state index contributed by atoms with van der Waals surface area (Å²) in [4.78, 5) is 15.9. The first-order valence-corrected chi connectivity index (χ1v) is 8.65. The molecule has 0 aliphatic heterocycles. The molecular weight excluding hydrogens is 328 g/mol. The summed E-state index contributed by atoms with van der Waals surface area (Å²) in [6, 6.07) is 8.25. The summed E-state index contributed by atoms with van der Waals surface area (Å²) >= 11 is 0. The molecule has 2 aromatic heterocycles. The number of aromatic nitrogens is 5. The lowest BCUT2D eigenvalue weighted by atomic mass is 10.1. The van der Waals surface area contributed by atoms with E-state index in [9.17, 15) is 4.79 Å². The first-order valence-electron chi connectivity index (χ1n) is 8.65. The van der Waals surface area contributed by atoms with Gasteiger partial charge in [-0.05, 0) is 57.9 Å². The molecule has 0 radical (unpaired) electrons. The van der Waals surface area contributed by atoms with Crippen LogP contribution in [0.1, 0.15) is 42.5 Å². The maximum absolute atomic E-state index is 11.3. The predicted molar refractivity (Wildman–Crippen MR) is 100 cm³/mol. The number of aryl methyl sites for hydroxylation is 2. The van der Waals surface area contributed by atoms with Crippen molar-refractivity contribution in [3.8, 4) is 17.2 Å². The molecule has 0 unspecified atom stereocenters. The zero-order valence-corrected chi connectivity index (χ0v) is 15.8. The van der Waals surface area contributed by atoms with Gasteiger partial charge in [0.25, 0.3) is 0 Å². The largest absolute Gasteiger partial charge is 0.369 e. The summed E-state index contributed by atoms with van der Waals surface area (Å²) in [5.41, 5.74) is 10.3. The maximum Gasteiger partial charge on any atom is 0.225 e. The zero-order chi connectivity index (χ0) is 19.0. The van der Waals surface area contributed by atoms with E-state index >= 15 is 0 Å². The number of primary amides is 1. The van der Waals surface area contributed by atoms with Crippen molar-refractivity contribution < 1.29 is 4.79 Å². The van der Waals surface area contributed by atoms with E-state index < -0.39 is 5.91 Å². The van der Waals surface area contributed by atoms with Crippen molar-refractivity contribution >= 4 is 5.91 Å². The standard InChI is InChI=1S/C19H24N6O/c1-11(2)24-13(4)9-15(22-24)19-21-18(10-17(20)26)23-25(19)16-8-6-7-12(3)14(16)5/h6-9,11H,10H2,1-5H3,(H2,20,26). The van der Waals surface area contributed by atoms with E-state index in [1.54, 1.807) is 4.68 Å². The van der Waals surface area contributed by atoms with Crippen molar-refractivity contribution in [1.29, 1.82) is 0 Å². The van der Waals surface area contributed by atoms with Crippen LogP contribution in [0, 0.1) is 20.8 Å². The average Bonchev–Trinajstić information content (AvgIpc) is 3.13. The molecule has 0 fully saturated rings. The first-order chi connectivity index (χ1) is 12.3. The molecule has 2 heterocycles. The average molecular weight is 352 g/mol. The number of rotatable bonds is 5. The number of benzene rings is 1. The van der Waals surface area contributed by atoms with E-state index in [2.05, 4.69) is 42.0 Å². The van der Waals surface area contributed by atoms with Crippen molar-refractivity contribution in [2.75, 3.05) is 0 Å². The summed E-state index contributed by atoms with van der Waals surface area (Å²) < 4.78 is 3.71. The molecule has 1 amide bonds. The summed E-state index contributed by atoms with van der Waals surface area (Å²) in [6.45, 7) is 10.3. The third-order valence-corrected chi connectivity index (χ3v) is 4.43. The number of carbonyl (C=O) groups is 1. The van der Waals surface area contributed by atoms with Gasteiger partial charge in [-0.25, -0.2) is 9.67 Å². The van der Waals surface area contributed by atoms with Crippen LogP contribution in [0.2, 0.25) is 0 Å². The van der Waals surface area contributed by atoms with Gasteiger partial charge in [-0.1, -0.05) is 12.1 Å². The van der Waals surface area contributed by atoms with Gasteiger partial charge in [0.15, 0.2) is 11.6 Å². The number of hydrogen-bond acceptors (Lipinski definition) is 4. The Labute approximate surface area is 152 Å². The highest BCUT2D eigenvalue weighted by Crippen LogP contribution is 2.25. The highest BCUT2D eigenvalue weighted by Gasteiger charge is 2.20. The van der Waals surface area contributed by atoms with E-state index in [0.29, 0.717) is 11.6 Å². The summed E-state index contributed by atoms with van der Waals surface area (Å²) in [7, 11) is 0. The van der Waals surface area contributed by atoms with Crippen LogP contribution in [0.3, 0.4) is 0 Å². The number of nitrogens with two attached hydrogens (primary N) is 1. The highest BCUT2D eigenvalue weighted by molar-refractivity contribution is 5.75. The quantitative estimate of drug-likeness (QED) is 0.764. The lowest BCUT2D eigenvalue weighted by Crippen LogP contribution is -2.14. The molecule has 1 aromatic carbocycles. The van der Waals surface area contributed by atoms with Crippen LogP contribution >= 0.6 is 0 Å². The van der Waals surface area contributed by atoms with Crippen LogP contribution in [0.4, 0.5) is 0 Å². The fourth-order valence-electron chi connectivity index (χ4n) is 3.00. The van der Waals surface area contributed by atoms with Gasteiger partial charge in [-0.2, -0.15) is 10.2 Å². The third kappa shape index (κ3) is 3.24. The number of carbonyl (C=O) groups excluding carboxylic acids is 1. The van der Waals surface area contributed by atoms with E-state index in [0.717, 1.165) is 28.2 Å². The van der Waals surface area contributed by atoms with Crippen molar-refractivity contribution in [2.24, 2.45) is 5.73 Å². The van der Waals surface area contributed by atoms with Crippen LogP contribution in [0.15, 0.2) is 24.3 Å². The Hall–Kier alpha value is -2.96. The van der Waals surface area contributed by atoms with Gasteiger partial charge in [0.2, 0.25) is 5.91 Å². The highest BCUT2D eigenvalue weighted by atomic mass is 16.1. The summed E-state index contributed by atoms with van der Waals surface area (Å²) in [6.07, 6.45) is -0.00522. The normalized spacial score (nSPS) is 11.3. The molecule has 0 aliphatic carbocycles. The van der Waals surface area contributed by atoms with Gasteiger partial charge >= 0.3 is 0 Å². The van der Waals surface area contributed by atoms with Gasteiger partial charge in [0, 0.05) is 11.7 Å². The van der Waals surface area contributed by atoms with Gasteiger partial charge in [0.1, 0.15) is 5.69 Å². The topological polar surface area (TPSA) is 91.6 Å². The van der Waals surface area contributed by atoms with E-state index in [4.69, 9.17) is 5.73 Å². The van der Waals surface area contributed by atoms with Crippen LogP contribution in [0.5, 0.6) is 0 Å². The summed E-state index contributed by atoms with van der Waals surface area (Å²) in [5.74, 6) is 0.543. The molecular formula is C19H24N6O. The minimum absolute atomic E-state index is 0.00522. The molecule has 136 valence electrons. The van der Waals surface area contributed by atoms with Crippen molar-refractivity contribution in [1.82, 2.24) is 24.5 Å². The van der Waals surface area contributed by atoms with Crippen molar-refractivity contribution in [2.45, 2.75) is 47.1 Å². The third-order valence-electron chi connectivity index (χ3n) is 4.43. The Morgan fingerprint density at radius 3 is 2.54 bits per heavy atom. The molecule has 26 heavy (non-hydrogen) atoms. The number of nitrogens with zero attached hydrogens (tertiary/aromatic N) is 5. The summed E-state index contributed by atoms with van der Waals surface area (Å²) in [5, 5.41) is 9.23. The van der Waals surface area contributed by atoms with E-state index in [-0.39, 0.29) is 12.5 Å². The lowest BCUT2D eigenvalue weighted by Gasteiger charge is -2.10. The van der Waals surface area contributed by atoms with Crippen molar-refractivity contribution in [3.63, 3.8) is 0 Å². The molecule has 7 heteroatoms. The molecule has 0 saturated heterocycles. The number of hydrogen-bond donors (Lipinski definition) is 1. The zero-order valence-electron chi connectivity index (χ0n) is 15.8. The van der Waals surface area contributed by atoms with E-state index in [1.807, 2.05) is 36.7 Å². The number of amides is 1. The Morgan fingerprint density at radius 2 is 1.92 bits per heavy atom. The second-order valence-corrected chi connectivity index (χ2v) is 6.83. The molecule has 0 aliphatic rings. The Morgan fingerprint density at radius 1 is 1.19 bits per heavy atom. The fraction of sp³-hybridized carbons (Fsp3) is 0.368. The molecule has 0 atom stereocenters. The molecule has 3 aromatic rings. The smallest absolute Gasteiger partial charge is 0.225 e. The fourth-order valence-corrected chi connectivity index (χ4v) is 3.00. The van der Waals surface area contributed by atoms with Gasteiger partial charge in [-0.15, -0.1) is 0 Å². The first kappa shape index (κ1) is 17.8. The predicted octanol–water partition coefficient (Wildman–Crippen LogP) is 2.66. The van der Waals surface area contributed by atoms with Gasteiger partial charge in [-0.3, -0.25) is 9.48 Å². The van der Waals surface area contributed by atoms with Crippen LogP contribution in [0.25, 0.3) is 17.2 Å². The Balaban J connectivity index is 2.20. The minimum Gasteiger partial charge on any atom is -0.369 e. The van der Waals surface area contributed by atoms with E-state index in [1.165, 1.54) is 0 Å². The molecule has 0 saturated carbocycles.